The summed E-state index contributed by atoms with van der Waals surface area (Å²) in [4.78, 5) is 0.256. The molecule has 0 bridgehead atoms. The molecule has 94 valence electrons. The third-order valence-electron chi connectivity index (χ3n) is 2.19. The molecule has 0 aromatic heterocycles. The van der Waals surface area contributed by atoms with Crippen LogP contribution in [0.5, 0.6) is 0 Å². The first-order valence-electron chi connectivity index (χ1n) is 5.43. The van der Waals surface area contributed by atoms with E-state index < -0.39 is 10.0 Å². The zero-order valence-electron chi connectivity index (χ0n) is 10.6. The molecule has 0 fully saturated rings. The molecule has 0 saturated heterocycles. The van der Waals surface area contributed by atoms with Crippen molar-refractivity contribution in [3.63, 3.8) is 0 Å². The van der Waals surface area contributed by atoms with Gasteiger partial charge >= 0.3 is 0 Å². The number of hydrogen-bond donors (Lipinski definition) is 0. The van der Waals surface area contributed by atoms with Gasteiger partial charge in [0.05, 0.1) is 4.90 Å². The Balaban J connectivity index is 2.99. The van der Waals surface area contributed by atoms with Gasteiger partial charge in [-0.3, -0.25) is 0 Å². The van der Waals surface area contributed by atoms with Gasteiger partial charge in [0.2, 0.25) is 0 Å². The van der Waals surface area contributed by atoms with Gasteiger partial charge in [-0.25, -0.2) is 0 Å². The first-order chi connectivity index (χ1) is 7.84. The molecule has 0 aliphatic carbocycles. The number of aryl methyl sites for hydroxylation is 1. The van der Waals surface area contributed by atoms with Crippen LogP contribution in [0.1, 0.15) is 19.4 Å². The number of hydrogen-bond acceptors (Lipinski definition) is 3. The summed E-state index contributed by atoms with van der Waals surface area (Å²) in [5, 5.41) is 3.91. The first kappa shape index (κ1) is 13.7. The fourth-order valence-electron chi connectivity index (χ4n) is 1.15. The van der Waals surface area contributed by atoms with E-state index in [0.717, 1.165) is 9.98 Å². The molecular weight excluding hydrogens is 236 g/mol. The van der Waals surface area contributed by atoms with E-state index in [4.69, 9.17) is 0 Å². The predicted octanol–water partition coefficient (Wildman–Crippen LogP) is 2.26. The highest BCUT2D eigenvalue weighted by Gasteiger charge is 2.18. The van der Waals surface area contributed by atoms with Crippen LogP contribution < -0.4 is 0 Å². The van der Waals surface area contributed by atoms with Crippen molar-refractivity contribution < 1.29 is 8.42 Å². The van der Waals surface area contributed by atoms with Crippen molar-refractivity contribution in [2.45, 2.75) is 25.7 Å². The van der Waals surface area contributed by atoms with E-state index in [2.05, 4.69) is 5.10 Å². The van der Waals surface area contributed by atoms with Gasteiger partial charge in [-0.1, -0.05) is 31.5 Å². The smallest absolute Gasteiger partial charge is 0.200 e. The van der Waals surface area contributed by atoms with Crippen molar-refractivity contribution in [3.05, 3.63) is 29.8 Å². The SMILES string of the molecule is Cc1ccc(S(=O)(=O)N(C)/N=C/C(C)C)cc1. The molecule has 1 aromatic rings. The highest BCUT2D eigenvalue weighted by atomic mass is 32.2. The van der Waals surface area contributed by atoms with Crippen LogP contribution in [-0.2, 0) is 10.0 Å². The monoisotopic (exact) mass is 254 g/mol. The molecule has 0 aliphatic heterocycles. The lowest BCUT2D eigenvalue weighted by atomic mass is 10.2. The quantitative estimate of drug-likeness (QED) is 0.611. The number of nitrogens with zero attached hydrogens (tertiary/aromatic N) is 2. The van der Waals surface area contributed by atoms with Crippen molar-refractivity contribution >= 4 is 16.2 Å². The molecule has 17 heavy (non-hydrogen) atoms. The van der Waals surface area contributed by atoms with Crippen LogP contribution in [0.2, 0.25) is 0 Å². The Labute approximate surface area is 103 Å². The molecule has 0 unspecified atom stereocenters. The molecule has 0 aliphatic rings. The van der Waals surface area contributed by atoms with E-state index in [1.807, 2.05) is 20.8 Å². The summed E-state index contributed by atoms with van der Waals surface area (Å²) in [6, 6.07) is 6.72. The highest BCUT2D eigenvalue weighted by Crippen LogP contribution is 2.15. The predicted molar refractivity (Wildman–Crippen MR) is 69.5 cm³/mol. The minimum absolute atomic E-state index is 0.214. The Bertz CT molecular complexity index is 490. The highest BCUT2D eigenvalue weighted by molar-refractivity contribution is 7.89. The fraction of sp³-hybridized carbons (Fsp3) is 0.417. The van der Waals surface area contributed by atoms with Gasteiger partial charge < -0.3 is 0 Å². The van der Waals surface area contributed by atoms with Gasteiger partial charge in [-0.05, 0) is 25.0 Å². The van der Waals surface area contributed by atoms with Gasteiger partial charge in [0, 0.05) is 13.3 Å². The first-order valence-corrected chi connectivity index (χ1v) is 6.87. The van der Waals surface area contributed by atoms with Gasteiger partial charge in [-0.15, -0.1) is 0 Å². The van der Waals surface area contributed by atoms with Crippen molar-refractivity contribution in [1.29, 1.82) is 0 Å². The summed E-state index contributed by atoms with van der Waals surface area (Å²) in [5.41, 5.74) is 1.03. The van der Waals surface area contributed by atoms with Gasteiger partial charge in [0.15, 0.2) is 0 Å². The average Bonchev–Trinajstić information content (AvgIpc) is 2.26. The zero-order valence-corrected chi connectivity index (χ0v) is 11.4. The summed E-state index contributed by atoms with van der Waals surface area (Å²) < 4.78 is 25.1. The maximum absolute atomic E-state index is 12.1. The molecule has 1 rings (SSSR count). The van der Waals surface area contributed by atoms with Crippen LogP contribution in [-0.4, -0.2) is 26.1 Å². The van der Waals surface area contributed by atoms with Gasteiger partial charge in [0.1, 0.15) is 0 Å². The molecule has 0 radical (unpaired) electrons. The topological polar surface area (TPSA) is 49.7 Å². The van der Waals surface area contributed by atoms with Gasteiger partial charge in [-0.2, -0.15) is 17.9 Å². The molecule has 0 amide bonds. The Morgan fingerprint density at radius 1 is 1.24 bits per heavy atom. The van der Waals surface area contributed by atoms with Crippen molar-refractivity contribution in [2.24, 2.45) is 11.0 Å². The van der Waals surface area contributed by atoms with E-state index >= 15 is 0 Å². The maximum Gasteiger partial charge on any atom is 0.278 e. The number of hydrazone groups is 1. The number of benzene rings is 1. The van der Waals surface area contributed by atoms with Crippen LogP contribution in [0.4, 0.5) is 0 Å². The van der Waals surface area contributed by atoms with E-state index in [-0.39, 0.29) is 10.8 Å². The molecule has 0 N–H and O–H groups in total. The third-order valence-corrected chi connectivity index (χ3v) is 3.85. The summed E-state index contributed by atoms with van der Waals surface area (Å²) >= 11 is 0. The van der Waals surface area contributed by atoms with E-state index in [1.165, 1.54) is 7.05 Å². The Morgan fingerprint density at radius 3 is 2.24 bits per heavy atom. The third kappa shape index (κ3) is 3.56. The molecule has 5 heteroatoms. The largest absolute Gasteiger partial charge is 0.278 e. The van der Waals surface area contributed by atoms with Crippen LogP contribution in [0.15, 0.2) is 34.3 Å². The van der Waals surface area contributed by atoms with E-state index in [0.29, 0.717) is 0 Å². The standard InChI is InChI=1S/C12H18N2O2S/c1-10(2)9-13-14(4)17(15,16)12-7-5-11(3)6-8-12/h5-10H,1-4H3/b13-9+. The number of sulfonamides is 1. The molecule has 1 aromatic carbocycles. The second-order valence-electron chi connectivity index (χ2n) is 4.26. The molecule has 0 saturated carbocycles. The second-order valence-corrected chi connectivity index (χ2v) is 6.21. The Hall–Kier alpha value is -1.36. The van der Waals surface area contributed by atoms with Crippen LogP contribution in [0.3, 0.4) is 0 Å². The summed E-state index contributed by atoms with van der Waals surface area (Å²) in [6.07, 6.45) is 1.60. The maximum atomic E-state index is 12.1. The minimum Gasteiger partial charge on any atom is -0.200 e. The fourth-order valence-corrected chi connectivity index (χ4v) is 2.12. The molecule has 0 spiro atoms. The Morgan fingerprint density at radius 2 is 1.76 bits per heavy atom. The average molecular weight is 254 g/mol. The second kappa shape index (κ2) is 5.31. The van der Waals surface area contributed by atoms with Gasteiger partial charge in [0.25, 0.3) is 10.0 Å². The van der Waals surface area contributed by atoms with Crippen molar-refractivity contribution in [2.75, 3.05) is 7.05 Å². The Kier molecular flexibility index (Phi) is 4.28. The molecule has 0 heterocycles. The lowest BCUT2D eigenvalue weighted by molar-refractivity contribution is 0.489. The van der Waals surface area contributed by atoms with Crippen LogP contribution in [0.25, 0.3) is 0 Å². The zero-order chi connectivity index (χ0) is 13.1. The lowest BCUT2D eigenvalue weighted by Gasteiger charge is -2.14. The summed E-state index contributed by atoms with van der Waals surface area (Å²) in [7, 11) is -2.08. The van der Waals surface area contributed by atoms with Crippen molar-refractivity contribution in [3.8, 4) is 0 Å². The summed E-state index contributed by atoms with van der Waals surface area (Å²) in [6.45, 7) is 5.79. The molecular formula is C12H18N2O2S. The number of rotatable bonds is 4. The molecule has 4 nitrogen and oxygen atoms in total. The van der Waals surface area contributed by atoms with E-state index in [9.17, 15) is 8.42 Å². The molecule has 0 atom stereocenters. The summed E-state index contributed by atoms with van der Waals surface area (Å²) in [5.74, 6) is 0.214. The normalized spacial score (nSPS) is 12.3. The minimum atomic E-state index is -3.52. The van der Waals surface area contributed by atoms with Crippen molar-refractivity contribution in [1.82, 2.24) is 4.41 Å². The van der Waals surface area contributed by atoms with Crippen LogP contribution in [0, 0.1) is 12.8 Å². The lowest BCUT2D eigenvalue weighted by Crippen LogP contribution is -2.22. The van der Waals surface area contributed by atoms with Crippen LogP contribution >= 0.6 is 0 Å². The van der Waals surface area contributed by atoms with E-state index in [1.54, 1.807) is 30.5 Å².